The molecule has 0 saturated heterocycles. The van der Waals surface area contributed by atoms with Crippen molar-refractivity contribution in [1.29, 1.82) is 0 Å². The molecule has 0 aromatic heterocycles. The minimum Gasteiger partial charge on any atom is -0.312 e. The third-order valence-electron chi connectivity index (χ3n) is 4.08. The minimum atomic E-state index is 0.694. The van der Waals surface area contributed by atoms with Gasteiger partial charge in [-0.25, -0.2) is 0 Å². The third kappa shape index (κ3) is 5.34. The van der Waals surface area contributed by atoms with E-state index in [4.69, 9.17) is 0 Å². The number of rotatable bonds is 6. The molecular weight excluding hydrogens is 194 g/mol. The smallest absolute Gasteiger partial charge is 0.00694 e. The van der Waals surface area contributed by atoms with Gasteiger partial charge in [-0.05, 0) is 51.4 Å². The second-order valence-corrected chi connectivity index (χ2v) is 6.23. The van der Waals surface area contributed by atoms with Gasteiger partial charge < -0.3 is 5.32 Å². The first-order chi connectivity index (χ1) is 7.59. The topological polar surface area (TPSA) is 12.0 Å². The lowest BCUT2D eigenvalue weighted by Crippen LogP contribution is -2.40. The molecule has 1 rings (SSSR count). The van der Waals surface area contributed by atoms with Crippen LogP contribution in [0, 0.1) is 11.8 Å². The highest BCUT2D eigenvalue weighted by Crippen LogP contribution is 2.26. The van der Waals surface area contributed by atoms with E-state index in [0.29, 0.717) is 6.04 Å². The Morgan fingerprint density at radius 2 is 1.56 bits per heavy atom. The zero-order valence-corrected chi connectivity index (χ0v) is 11.8. The second kappa shape index (κ2) is 7.32. The standard InChI is InChI=1S/C15H31N/c1-12(2)10-11-13(3)16-14(4)15-8-6-5-7-9-15/h12-16H,5-11H2,1-4H3/t13?,14-/m0/s1. The van der Waals surface area contributed by atoms with Gasteiger partial charge in [0.25, 0.3) is 0 Å². The van der Waals surface area contributed by atoms with Crippen molar-refractivity contribution in [1.82, 2.24) is 5.32 Å². The largest absolute Gasteiger partial charge is 0.312 e. The lowest BCUT2D eigenvalue weighted by molar-refractivity contribution is 0.261. The summed E-state index contributed by atoms with van der Waals surface area (Å²) < 4.78 is 0. The van der Waals surface area contributed by atoms with Gasteiger partial charge in [-0.2, -0.15) is 0 Å². The summed E-state index contributed by atoms with van der Waals surface area (Å²) in [5, 5.41) is 3.80. The predicted octanol–water partition coefficient (Wildman–Crippen LogP) is 4.37. The van der Waals surface area contributed by atoms with Gasteiger partial charge in [-0.1, -0.05) is 33.1 Å². The fourth-order valence-corrected chi connectivity index (χ4v) is 2.89. The van der Waals surface area contributed by atoms with Gasteiger partial charge in [0.2, 0.25) is 0 Å². The van der Waals surface area contributed by atoms with Gasteiger partial charge in [0.15, 0.2) is 0 Å². The van der Waals surface area contributed by atoms with Crippen molar-refractivity contribution in [2.45, 2.75) is 84.7 Å². The van der Waals surface area contributed by atoms with E-state index in [9.17, 15) is 0 Å². The van der Waals surface area contributed by atoms with E-state index < -0.39 is 0 Å². The Morgan fingerprint density at radius 1 is 0.938 bits per heavy atom. The van der Waals surface area contributed by atoms with Crippen molar-refractivity contribution < 1.29 is 0 Å². The SMILES string of the molecule is CC(C)CCC(C)N[C@@H](C)C1CCCCC1. The zero-order valence-electron chi connectivity index (χ0n) is 11.8. The molecule has 1 aliphatic rings. The van der Waals surface area contributed by atoms with E-state index in [0.717, 1.165) is 17.9 Å². The van der Waals surface area contributed by atoms with Gasteiger partial charge in [0.05, 0.1) is 0 Å². The van der Waals surface area contributed by atoms with Crippen LogP contribution in [0.2, 0.25) is 0 Å². The molecule has 0 bridgehead atoms. The van der Waals surface area contributed by atoms with Crippen molar-refractivity contribution in [3.8, 4) is 0 Å². The van der Waals surface area contributed by atoms with Gasteiger partial charge in [0, 0.05) is 12.1 Å². The van der Waals surface area contributed by atoms with Crippen LogP contribution < -0.4 is 5.32 Å². The van der Waals surface area contributed by atoms with E-state index >= 15 is 0 Å². The van der Waals surface area contributed by atoms with Gasteiger partial charge in [0.1, 0.15) is 0 Å². The monoisotopic (exact) mass is 225 g/mol. The molecule has 1 aliphatic carbocycles. The average molecular weight is 225 g/mol. The van der Waals surface area contributed by atoms with Gasteiger partial charge in [-0.3, -0.25) is 0 Å². The summed E-state index contributed by atoms with van der Waals surface area (Å²) in [6.07, 6.45) is 9.96. The normalized spacial score (nSPS) is 22.3. The summed E-state index contributed by atoms with van der Waals surface area (Å²) in [6.45, 7) is 9.37. The third-order valence-corrected chi connectivity index (χ3v) is 4.08. The van der Waals surface area contributed by atoms with E-state index in [1.807, 2.05) is 0 Å². The Balaban J connectivity index is 2.18. The molecule has 0 radical (unpaired) electrons. The summed E-state index contributed by atoms with van der Waals surface area (Å²) in [7, 11) is 0. The Bertz CT molecular complexity index is 170. The summed E-state index contributed by atoms with van der Waals surface area (Å²) in [4.78, 5) is 0. The zero-order chi connectivity index (χ0) is 12.0. The minimum absolute atomic E-state index is 0.694. The average Bonchev–Trinajstić information content (AvgIpc) is 2.27. The maximum absolute atomic E-state index is 3.80. The molecule has 0 aromatic rings. The van der Waals surface area contributed by atoms with Crippen LogP contribution in [0.25, 0.3) is 0 Å². The van der Waals surface area contributed by atoms with Crippen molar-refractivity contribution >= 4 is 0 Å². The first kappa shape index (κ1) is 14.0. The molecule has 0 aromatic carbocycles. The molecule has 1 nitrogen and oxygen atoms in total. The number of nitrogens with one attached hydrogen (secondary N) is 1. The van der Waals surface area contributed by atoms with Crippen LogP contribution in [0.5, 0.6) is 0 Å². The summed E-state index contributed by atoms with van der Waals surface area (Å²) >= 11 is 0. The molecule has 96 valence electrons. The Morgan fingerprint density at radius 3 is 2.12 bits per heavy atom. The Kier molecular flexibility index (Phi) is 6.41. The number of hydrogen-bond acceptors (Lipinski definition) is 1. The summed E-state index contributed by atoms with van der Waals surface area (Å²) in [5.41, 5.74) is 0. The molecule has 0 heterocycles. The van der Waals surface area contributed by atoms with Crippen molar-refractivity contribution in [3.05, 3.63) is 0 Å². The number of hydrogen-bond donors (Lipinski definition) is 1. The summed E-state index contributed by atoms with van der Waals surface area (Å²) in [6, 6.07) is 1.42. The molecule has 16 heavy (non-hydrogen) atoms. The molecule has 0 amide bonds. The van der Waals surface area contributed by atoms with Crippen LogP contribution >= 0.6 is 0 Å². The molecule has 0 aliphatic heterocycles. The van der Waals surface area contributed by atoms with Crippen molar-refractivity contribution in [2.75, 3.05) is 0 Å². The summed E-state index contributed by atoms with van der Waals surface area (Å²) in [5.74, 6) is 1.78. The molecule has 2 atom stereocenters. The van der Waals surface area contributed by atoms with Crippen LogP contribution in [0.4, 0.5) is 0 Å². The molecular formula is C15H31N. The van der Waals surface area contributed by atoms with Gasteiger partial charge in [-0.15, -0.1) is 0 Å². The van der Waals surface area contributed by atoms with E-state index in [1.165, 1.54) is 44.9 Å². The lowest BCUT2D eigenvalue weighted by Gasteiger charge is -2.31. The van der Waals surface area contributed by atoms with Crippen LogP contribution in [0.3, 0.4) is 0 Å². The van der Waals surface area contributed by atoms with Crippen molar-refractivity contribution in [3.63, 3.8) is 0 Å². The highest BCUT2D eigenvalue weighted by Gasteiger charge is 2.20. The molecule has 0 spiro atoms. The maximum atomic E-state index is 3.80. The molecule has 1 fully saturated rings. The molecule has 1 heteroatoms. The molecule has 1 unspecified atom stereocenters. The second-order valence-electron chi connectivity index (χ2n) is 6.23. The van der Waals surface area contributed by atoms with E-state index in [-0.39, 0.29) is 0 Å². The van der Waals surface area contributed by atoms with Crippen LogP contribution in [-0.2, 0) is 0 Å². The van der Waals surface area contributed by atoms with E-state index in [2.05, 4.69) is 33.0 Å². The first-order valence-corrected chi connectivity index (χ1v) is 7.35. The predicted molar refractivity (Wildman–Crippen MR) is 72.7 cm³/mol. The highest BCUT2D eigenvalue weighted by atomic mass is 14.9. The first-order valence-electron chi connectivity index (χ1n) is 7.35. The van der Waals surface area contributed by atoms with E-state index in [1.54, 1.807) is 0 Å². The van der Waals surface area contributed by atoms with Crippen LogP contribution in [-0.4, -0.2) is 12.1 Å². The quantitative estimate of drug-likeness (QED) is 0.708. The maximum Gasteiger partial charge on any atom is 0.00694 e. The fourth-order valence-electron chi connectivity index (χ4n) is 2.89. The molecule has 1 saturated carbocycles. The highest BCUT2D eigenvalue weighted by molar-refractivity contribution is 4.78. The Hall–Kier alpha value is -0.0400. The van der Waals surface area contributed by atoms with Gasteiger partial charge >= 0.3 is 0 Å². The van der Waals surface area contributed by atoms with Crippen LogP contribution in [0.1, 0.15) is 72.6 Å². The Labute approximate surface area is 102 Å². The van der Waals surface area contributed by atoms with Crippen molar-refractivity contribution in [2.24, 2.45) is 11.8 Å². The lowest BCUT2D eigenvalue weighted by atomic mass is 9.84. The fraction of sp³-hybridized carbons (Fsp3) is 1.00. The molecule has 1 N–H and O–H groups in total. The van der Waals surface area contributed by atoms with Crippen LogP contribution in [0.15, 0.2) is 0 Å².